The minimum absolute atomic E-state index is 0.568. The third kappa shape index (κ3) is 6.33. The highest BCUT2D eigenvalue weighted by molar-refractivity contribution is 6.30. The molecule has 0 bridgehead atoms. The molecule has 0 aliphatic carbocycles. The van der Waals surface area contributed by atoms with Gasteiger partial charge in [0.1, 0.15) is 0 Å². The van der Waals surface area contributed by atoms with Crippen molar-refractivity contribution in [1.29, 1.82) is 0 Å². The quantitative estimate of drug-likeness (QED) is 0.574. The van der Waals surface area contributed by atoms with Crippen LogP contribution in [0.4, 0.5) is 0 Å². The van der Waals surface area contributed by atoms with Gasteiger partial charge in [-0.3, -0.25) is 0 Å². The molecule has 0 atom stereocenters. The number of halogens is 2. The number of hydrogen-bond acceptors (Lipinski definition) is 2. The Kier molecular flexibility index (Phi) is 7.60. The molecule has 4 heteroatoms. The first-order chi connectivity index (χ1) is 7.83. The Morgan fingerprint density at radius 2 is 1.88 bits per heavy atom. The molecule has 0 saturated heterocycles. The Labute approximate surface area is 107 Å². The summed E-state index contributed by atoms with van der Waals surface area (Å²) in [6.07, 6.45) is 1.00. The molecule has 0 aliphatic rings. The molecule has 1 aromatic carbocycles. The average molecular weight is 262 g/mol. The fourth-order valence-corrected chi connectivity index (χ4v) is 1.53. The summed E-state index contributed by atoms with van der Waals surface area (Å²) < 4.78 is 5.26. The van der Waals surface area contributed by atoms with Crippen LogP contribution in [0, 0.1) is 0 Å². The maximum Gasteiger partial charge on any atom is 0.0601 e. The van der Waals surface area contributed by atoms with E-state index in [1.54, 1.807) is 0 Å². The Bertz CT molecular complexity index is 277. The summed E-state index contributed by atoms with van der Waals surface area (Å²) in [6, 6.07) is 7.86. The predicted molar refractivity (Wildman–Crippen MR) is 69.3 cm³/mol. The van der Waals surface area contributed by atoms with Gasteiger partial charge in [0.25, 0.3) is 0 Å². The lowest BCUT2D eigenvalue weighted by molar-refractivity contribution is 0.146. The van der Waals surface area contributed by atoms with E-state index in [-0.39, 0.29) is 0 Å². The smallest absolute Gasteiger partial charge is 0.0601 e. The van der Waals surface area contributed by atoms with Crippen molar-refractivity contribution in [3.63, 3.8) is 0 Å². The highest BCUT2D eigenvalue weighted by Gasteiger charge is 1.93. The zero-order valence-corrected chi connectivity index (χ0v) is 10.7. The monoisotopic (exact) mass is 261 g/mol. The van der Waals surface area contributed by atoms with E-state index in [1.165, 1.54) is 5.56 Å². The lowest BCUT2D eigenvalue weighted by Crippen LogP contribution is -2.16. The maximum absolute atomic E-state index is 5.80. The molecule has 16 heavy (non-hydrogen) atoms. The Morgan fingerprint density at radius 3 is 2.56 bits per heavy atom. The predicted octanol–water partition coefficient (Wildman–Crippen LogP) is 3.08. The lowest BCUT2D eigenvalue weighted by atomic mass is 10.2. The molecule has 0 fully saturated rings. The van der Waals surface area contributed by atoms with Crippen LogP contribution in [-0.4, -0.2) is 25.6 Å². The number of hydrogen-bond donors (Lipinski definition) is 1. The SMILES string of the molecule is ClCCOCCCNCc1ccc(Cl)cc1. The molecular formula is C12H17Cl2NO. The van der Waals surface area contributed by atoms with Gasteiger partial charge in [-0.2, -0.15) is 0 Å². The van der Waals surface area contributed by atoms with Crippen LogP contribution in [0.15, 0.2) is 24.3 Å². The van der Waals surface area contributed by atoms with Crippen molar-refractivity contribution in [2.75, 3.05) is 25.6 Å². The van der Waals surface area contributed by atoms with E-state index in [9.17, 15) is 0 Å². The van der Waals surface area contributed by atoms with E-state index < -0.39 is 0 Å². The Hall–Kier alpha value is -0.280. The topological polar surface area (TPSA) is 21.3 Å². The molecule has 0 aliphatic heterocycles. The van der Waals surface area contributed by atoms with Crippen LogP contribution < -0.4 is 5.32 Å². The van der Waals surface area contributed by atoms with Gasteiger partial charge in [-0.25, -0.2) is 0 Å². The summed E-state index contributed by atoms with van der Waals surface area (Å²) in [6.45, 7) is 3.22. The average Bonchev–Trinajstić information content (AvgIpc) is 2.30. The number of benzene rings is 1. The minimum Gasteiger partial charge on any atom is -0.380 e. The Morgan fingerprint density at radius 1 is 1.12 bits per heavy atom. The molecule has 0 heterocycles. The third-order valence-corrected chi connectivity index (χ3v) is 2.51. The van der Waals surface area contributed by atoms with Crippen LogP contribution >= 0.6 is 23.2 Å². The van der Waals surface area contributed by atoms with Crippen LogP contribution in [0.1, 0.15) is 12.0 Å². The first-order valence-corrected chi connectivity index (χ1v) is 6.33. The van der Waals surface area contributed by atoms with Gasteiger partial charge >= 0.3 is 0 Å². The van der Waals surface area contributed by atoms with Gasteiger partial charge in [0, 0.05) is 24.1 Å². The molecule has 1 aromatic rings. The van der Waals surface area contributed by atoms with Crippen molar-refractivity contribution in [3.8, 4) is 0 Å². The summed E-state index contributed by atoms with van der Waals surface area (Å²) in [7, 11) is 0. The van der Waals surface area contributed by atoms with E-state index in [0.29, 0.717) is 12.5 Å². The Balaban J connectivity index is 2.01. The molecule has 2 nitrogen and oxygen atoms in total. The first kappa shape index (κ1) is 13.8. The van der Waals surface area contributed by atoms with Crippen molar-refractivity contribution < 1.29 is 4.74 Å². The van der Waals surface area contributed by atoms with Gasteiger partial charge in [0.2, 0.25) is 0 Å². The van der Waals surface area contributed by atoms with Gasteiger partial charge in [0.15, 0.2) is 0 Å². The van der Waals surface area contributed by atoms with Crippen molar-refractivity contribution in [3.05, 3.63) is 34.9 Å². The summed E-state index contributed by atoms with van der Waals surface area (Å²) in [5, 5.41) is 4.12. The lowest BCUT2D eigenvalue weighted by Gasteiger charge is -2.05. The molecule has 1 N–H and O–H groups in total. The van der Waals surface area contributed by atoms with Crippen molar-refractivity contribution >= 4 is 23.2 Å². The van der Waals surface area contributed by atoms with Crippen LogP contribution in [0.5, 0.6) is 0 Å². The van der Waals surface area contributed by atoms with Gasteiger partial charge in [-0.05, 0) is 30.7 Å². The zero-order chi connectivity index (χ0) is 11.6. The second-order valence-electron chi connectivity index (χ2n) is 3.46. The highest BCUT2D eigenvalue weighted by Crippen LogP contribution is 2.08. The third-order valence-electron chi connectivity index (χ3n) is 2.11. The maximum atomic E-state index is 5.80. The van der Waals surface area contributed by atoms with Crippen LogP contribution in [-0.2, 0) is 11.3 Å². The van der Waals surface area contributed by atoms with E-state index in [2.05, 4.69) is 5.32 Å². The van der Waals surface area contributed by atoms with E-state index in [4.69, 9.17) is 27.9 Å². The zero-order valence-electron chi connectivity index (χ0n) is 9.22. The molecule has 1 rings (SSSR count). The first-order valence-electron chi connectivity index (χ1n) is 5.42. The molecule has 0 radical (unpaired) electrons. The number of rotatable bonds is 8. The highest BCUT2D eigenvalue weighted by atomic mass is 35.5. The number of ether oxygens (including phenoxy) is 1. The second kappa shape index (κ2) is 8.82. The molecule has 0 spiro atoms. The van der Waals surface area contributed by atoms with Crippen LogP contribution in [0.3, 0.4) is 0 Å². The molecule has 0 unspecified atom stereocenters. The second-order valence-corrected chi connectivity index (χ2v) is 4.27. The van der Waals surface area contributed by atoms with E-state index in [0.717, 1.165) is 31.1 Å². The summed E-state index contributed by atoms with van der Waals surface area (Å²) >= 11 is 11.3. The van der Waals surface area contributed by atoms with Gasteiger partial charge < -0.3 is 10.1 Å². The number of nitrogens with one attached hydrogen (secondary N) is 1. The van der Waals surface area contributed by atoms with Gasteiger partial charge in [-0.1, -0.05) is 23.7 Å². The molecule has 90 valence electrons. The van der Waals surface area contributed by atoms with Crippen molar-refractivity contribution in [1.82, 2.24) is 5.32 Å². The largest absolute Gasteiger partial charge is 0.380 e. The fourth-order valence-electron chi connectivity index (χ4n) is 1.29. The van der Waals surface area contributed by atoms with E-state index in [1.807, 2.05) is 24.3 Å². The summed E-state index contributed by atoms with van der Waals surface area (Å²) in [5.41, 5.74) is 1.24. The standard InChI is InChI=1S/C12H17Cl2NO/c13-6-9-16-8-1-7-15-10-11-2-4-12(14)5-3-11/h2-5,15H,1,6-10H2. The van der Waals surface area contributed by atoms with Crippen LogP contribution in [0.25, 0.3) is 0 Å². The molecule has 0 amide bonds. The van der Waals surface area contributed by atoms with Gasteiger partial charge in [0.05, 0.1) is 6.61 Å². The fraction of sp³-hybridized carbons (Fsp3) is 0.500. The minimum atomic E-state index is 0.568. The summed E-state index contributed by atoms with van der Waals surface area (Å²) in [5.74, 6) is 0.568. The molecular weight excluding hydrogens is 245 g/mol. The summed E-state index contributed by atoms with van der Waals surface area (Å²) in [4.78, 5) is 0. The molecule has 0 saturated carbocycles. The van der Waals surface area contributed by atoms with E-state index >= 15 is 0 Å². The van der Waals surface area contributed by atoms with Crippen molar-refractivity contribution in [2.45, 2.75) is 13.0 Å². The van der Waals surface area contributed by atoms with Crippen LogP contribution in [0.2, 0.25) is 5.02 Å². The van der Waals surface area contributed by atoms with Gasteiger partial charge in [-0.15, -0.1) is 11.6 Å². The molecule has 0 aromatic heterocycles. The normalized spacial score (nSPS) is 10.6. The number of alkyl halides is 1. The van der Waals surface area contributed by atoms with Crippen molar-refractivity contribution in [2.24, 2.45) is 0 Å².